The van der Waals surface area contributed by atoms with Gasteiger partial charge in [0.1, 0.15) is 0 Å². The minimum Gasteiger partial charge on any atom is -0.341 e. The van der Waals surface area contributed by atoms with Crippen LogP contribution in [-0.2, 0) is 17.5 Å². The Kier molecular flexibility index (Phi) is 6.26. The Morgan fingerprint density at radius 3 is 2.45 bits per heavy atom. The largest absolute Gasteiger partial charge is 0.416 e. The lowest BCUT2D eigenvalue weighted by molar-refractivity contribution is -0.141. The summed E-state index contributed by atoms with van der Waals surface area (Å²) in [6.45, 7) is 3.39. The fourth-order valence-corrected chi connectivity index (χ4v) is 2.48. The summed E-state index contributed by atoms with van der Waals surface area (Å²) in [4.78, 5) is 13.6. The molecular weight excluding hydrogens is 317 g/mol. The van der Waals surface area contributed by atoms with Crippen molar-refractivity contribution in [2.45, 2.75) is 19.6 Å². The van der Waals surface area contributed by atoms with Crippen molar-refractivity contribution in [2.24, 2.45) is 11.8 Å². The number of benzene rings is 1. The van der Waals surface area contributed by atoms with Gasteiger partial charge in [-0.3, -0.25) is 4.79 Å². The second-order valence-corrected chi connectivity index (χ2v) is 5.56. The topological polar surface area (TPSA) is 32.3 Å². The van der Waals surface area contributed by atoms with E-state index in [1.807, 2.05) is 6.92 Å². The summed E-state index contributed by atoms with van der Waals surface area (Å²) in [7, 11) is 1.55. The molecule has 3 nitrogen and oxygen atoms in total. The highest BCUT2D eigenvalue weighted by molar-refractivity contribution is 5.85. The standard InChI is InChI=1S/C15H19F3N2O.ClH/c1-10(12-7-19-8-12)14(21)20(2)9-11-5-3-4-6-13(11)15(16,17)18;/h3-6,10,12,19H,7-9H2,1-2H3;1H. The Hall–Kier alpha value is -1.27. The van der Waals surface area contributed by atoms with E-state index in [0.717, 1.165) is 19.2 Å². The maximum atomic E-state index is 12.9. The molecule has 1 amide bonds. The van der Waals surface area contributed by atoms with Crippen LogP contribution in [0.2, 0.25) is 0 Å². The predicted molar refractivity (Wildman–Crippen MR) is 80.7 cm³/mol. The van der Waals surface area contributed by atoms with Crippen molar-refractivity contribution >= 4 is 18.3 Å². The minimum atomic E-state index is -4.40. The van der Waals surface area contributed by atoms with Crippen LogP contribution in [0.4, 0.5) is 13.2 Å². The maximum absolute atomic E-state index is 12.9. The second-order valence-electron chi connectivity index (χ2n) is 5.56. The van der Waals surface area contributed by atoms with E-state index in [0.29, 0.717) is 0 Å². The molecule has 0 aromatic heterocycles. The molecule has 0 saturated carbocycles. The number of nitrogens with one attached hydrogen (secondary N) is 1. The minimum absolute atomic E-state index is 0. The summed E-state index contributed by atoms with van der Waals surface area (Å²) < 4.78 is 38.8. The smallest absolute Gasteiger partial charge is 0.341 e. The lowest BCUT2D eigenvalue weighted by atomic mass is 9.88. The van der Waals surface area contributed by atoms with E-state index < -0.39 is 11.7 Å². The van der Waals surface area contributed by atoms with Gasteiger partial charge in [0.05, 0.1) is 5.56 Å². The first-order valence-electron chi connectivity index (χ1n) is 6.91. The molecule has 1 N–H and O–H groups in total. The Labute approximate surface area is 134 Å². The van der Waals surface area contributed by atoms with Crippen LogP contribution in [0.25, 0.3) is 0 Å². The van der Waals surface area contributed by atoms with Gasteiger partial charge in [-0.1, -0.05) is 25.1 Å². The molecule has 1 heterocycles. The summed E-state index contributed by atoms with van der Waals surface area (Å²) in [6.07, 6.45) is -4.40. The maximum Gasteiger partial charge on any atom is 0.416 e. The predicted octanol–water partition coefficient (Wildman–Crippen LogP) is 2.94. The highest BCUT2D eigenvalue weighted by Crippen LogP contribution is 2.32. The van der Waals surface area contributed by atoms with Gasteiger partial charge in [0.2, 0.25) is 5.91 Å². The second kappa shape index (κ2) is 7.33. The van der Waals surface area contributed by atoms with Gasteiger partial charge in [0, 0.05) is 19.5 Å². The van der Waals surface area contributed by atoms with Crippen molar-refractivity contribution in [3.63, 3.8) is 0 Å². The van der Waals surface area contributed by atoms with Gasteiger partial charge in [0.15, 0.2) is 0 Å². The molecule has 2 rings (SSSR count). The van der Waals surface area contributed by atoms with E-state index in [-0.39, 0.29) is 42.3 Å². The molecule has 0 spiro atoms. The van der Waals surface area contributed by atoms with E-state index in [1.54, 1.807) is 13.1 Å². The van der Waals surface area contributed by atoms with E-state index in [9.17, 15) is 18.0 Å². The molecule has 1 fully saturated rings. The van der Waals surface area contributed by atoms with Crippen LogP contribution < -0.4 is 5.32 Å². The Bertz CT molecular complexity index is 518. The van der Waals surface area contributed by atoms with Crippen LogP contribution >= 0.6 is 12.4 Å². The molecule has 0 radical (unpaired) electrons. The molecule has 1 aromatic rings. The SMILES string of the molecule is CC(C(=O)N(C)Cc1ccccc1C(F)(F)F)C1CNC1.Cl. The summed E-state index contributed by atoms with van der Waals surface area (Å²) in [6, 6.07) is 5.38. The molecule has 1 saturated heterocycles. The number of amides is 1. The number of hydrogen-bond donors (Lipinski definition) is 1. The lowest BCUT2D eigenvalue weighted by Gasteiger charge is -2.34. The van der Waals surface area contributed by atoms with Crippen LogP contribution in [0.15, 0.2) is 24.3 Å². The third-order valence-corrected chi connectivity index (χ3v) is 4.02. The molecule has 1 aliphatic rings. The van der Waals surface area contributed by atoms with Crippen LogP contribution in [-0.4, -0.2) is 30.9 Å². The van der Waals surface area contributed by atoms with Gasteiger partial charge in [-0.05, 0) is 30.6 Å². The average Bonchev–Trinajstić information content (AvgIpc) is 2.35. The van der Waals surface area contributed by atoms with Crippen LogP contribution in [0.5, 0.6) is 0 Å². The van der Waals surface area contributed by atoms with Gasteiger partial charge in [-0.25, -0.2) is 0 Å². The molecule has 1 aliphatic heterocycles. The molecule has 124 valence electrons. The van der Waals surface area contributed by atoms with E-state index in [4.69, 9.17) is 0 Å². The first-order valence-corrected chi connectivity index (χ1v) is 6.91. The van der Waals surface area contributed by atoms with Crippen molar-refractivity contribution in [1.82, 2.24) is 10.2 Å². The van der Waals surface area contributed by atoms with Crippen LogP contribution in [0.3, 0.4) is 0 Å². The Morgan fingerprint density at radius 1 is 1.36 bits per heavy atom. The number of carbonyl (C=O) groups is 1. The fourth-order valence-electron chi connectivity index (χ4n) is 2.48. The molecule has 0 aliphatic carbocycles. The first kappa shape index (κ1) is 18.8. The third kappa shape index (κ3) is 4.14. The highest BCUT2D eigenvalue weighted by Gasteiger charge is 2.34. The quantitative estimate of drug-likeness (QED) is 0.917. The van der Waals surface area contributed by atoms with Crippen LogP contribution in [0, 0.1) is 11.8 Å². The normalized spacial score (nSPS) is 16.4. The molecule has 1 unspecified atom stereocenters. The van der Waals surface area contributed by atoms with Gasteiger partial charge in [-0.15, -0.1) is 12.4 Å². The Balaban J connectivity index is 0.00000242. The third-order valence-electron chi connectivity index (χ3n) is 4.02. The summed E-state index contributed by atoms with van der Waals surface area (Å²) >= 11 is 0. The molecule has 22 heavy (non-hydrogen) atoms. The zero-order valence-electron chi connectivity index (χ0n) is 12.5. The van der Waals surface area contributed by atoms with Gasteiger partial charge < -0.3 is 10.2 Å². The van der Waals surface area contributed by atoms with E-state index >= 15 is 0 Å². The van der Waals surface area contributed by atoms with Gasteiger partial charge >= 0.3 is 6.18 Å². The fraction of sp³-hybridized carbons (Fsp3) is 0.533. The molecular formula is C15H20ClF3N2O. The zero-order chi connectivity index (χ0) is 15.6. The van der Waals surface area contributed by atoms with Crippen molar-refractivity contribution in [2.75, 3.05) is 20.1 Å². The van der Waals surface area contributed by atoms with E-state index in [2.05, 4.69) is 5.32 Å². The number of carbonyl (C=O) groups excluding carboxylic acids is 1. The number of hydrogen-bond acceptors (Lipinski definition) is 2. The van der Waals surface area contributed by atoms with Gasteiger partial charge in [-0.2, -0.15) is 13.2 Å². The number of rotatable bonds is 4. The van der Waals surface area contributed by atoms with Crippen molar-refractivity contribution in [3.8, 4) is 0 Å². The monoisotopic (exact) mass is 336 g/mol. The lowest BCUT2D eigenvalue weighted by Crippen LogP contribution is -2.49. The molecule has 1 atom stereocenters. The number of alkyl halides is 3. The highest BCUT2D eigenvalue weighted by atomic mass is 35.5. The number of nitrogens with zero attached hydrogens (tertiary/aromatic N) is 1. The van der Waals surface area contributed by atoms with Crippen molar-refractivity contribution in [3.05, 3.63) is 35.4 Å². The Morgan fingerprint density at radius 2 is 1.95 bits per heavy atom. The molecule has 0 bridgehead atoms. The van der Waals surface area contributed by atoms with Crippen molar-refractivity contribution in [1.29, 1.82) is 0 Å². The summed E-state index contributed by atoms with van der Waals surface area (Å²) in [5.74, 6) is -0.00872. The first-order chi connectivity index (χ1) is 9.80. The summed E-state index contributed by atoms with van der Waals surface area (Å²) in [5.41, 5.74) is -0.553. The van der Waals surface area contributed by atoms with Gasteiger partial charge in [0.25, 0.3) is 0 Å². The van der Waals surface area contributed by atoms with E-state index in [1.165, 1.54) is 17.0 Å². The zero-order valence-corrected chi connectivity index (χ0v) is 13.3. The molecule has 1 aromatic carbocycles. The van der Waals surface area contributed by atoms with Crippen LogP contribution in [0.1, 0.15) is 18.1 Å². The number of halogens is 4. The average molecular weight is 337 g/mol. The molecule has 7 heteroatoms. The summed E-state index contributed by atoms with van der Waals surface area (Å²) in [5, 5.41) is 3.10. The van der Waals surface area contributed by atoms with Crippen molar-refractivity contribution < 1.29 is 18.0 Å².